The van der Waals surface area contributed by atoms with Crippen LogP contribution in [0.1, 0.15) is 19.8 Å². The molecule has 4 nitrogen and oxygen atoms in total. The fourth-order valence-corrected chi connectivity index (χ4v) is 0.436. The summed E-state index contributed by atoms with van der Waals surface area (Å²) in [6.45, 7) is 1.74. The SMILES string of the molecule is CCCC(=O)[N]NC(=O)C(F)F. The van der Waals surface area contributed by atoms with E-state index in [-0.39, 0.29) is 6.42 Å². The summed E-state index contributed by atoms with van der Waals surface area (Å²) in [6.07, 6.45) is -2.43. The van der Waals surface area contributed by atoms with E-state index in [0.29, 0.717) is 6.42 Å². The molecule has 0 saturated heterocycles. The minimum atomic E-state index is -3.14. The number of alkyl halides is 2. The van der Waals surface area contributed by atoms with E-state index in [2.05, 4.69) is 5.43 Å². The molecule has 0 fully saturated rings. The Labute approximate surface area is 68.3 Å². The van der Waals surface area contributed by atoms with Crippen LogP contribution in [-0.4, -0.2) is 18.2 Å². The molecule has 0 aromatic heterocycles. The van der Waals surface area contributed by atoms with Crippen LogP contribution in [0.15, 0.2) is 0 Å². The molecule has 0 aliphatic rings. The van der Waals surface area contributed by atoms with Gasteiger partial charge in [0.05, 0.1) is 0 Å². The molecular formula is C6H9F2N2O2. The van der Waals surface area contributed by atoms with Crippen molar-refractivity contribution >= 4 is 11.8 Å². The molecule has 6 heteroatoms. The van der Waals surface area contributed by atoms with Crippen LogP contribution >= 0.6 is 0 Å². The van der Waals surface area contributed by atoms with E-state index < -0.39 is 18.2 Å². The number of nitrogens with zero attached hydrogens (tertiary/aromatic N) is 1. The van der Waals surface area contributed by atoms with Crippen molar-refractivity contribution in [3.63, 3.8) is 0 Å². The lowest BCUT2D eigenvalue weighted by molar-refractivity contribution is -0.136. The largest absolute Gasteiger partial charge is 0.317 e. The molecule has 0 spiro atoms. The van der Waals surface area contributed by atoms with Gasteiger partial charge in [-0.3, -0.25) is 9.59 Å². The normalized spacial score (nSPS) is 9.67. The highest BCUT2D eigenvalue weighted by atomic mass is 19.3. The highest BCUT2D eigenvalue weighted by Gasteiger charge is 2.15. The standard InChI is InChI=1S/C6H9F2N2O2/c1-2-3-4(11)9-10-6(12)5(7)8/h5H,2-3H2,1H3,(H,10,12). The van der Waals surface area contributed by atoms with Crippen molar-refractivity contribution < 1.29 is 18.4 Å². The number of hydrogen-bond acceptors (Lipinski definition) is 2. The Hall–Kier alpha value is -1.20. The summed E-state index contributed by atoms with van der Waals surface area (Å²) in [7, 11) is 0. The number of carbonyl (C=O) groups excluding carboxylic acids is 2. The Kier molecular flexibility index (Phi) is 4.91. The summed E-state index contributed by atoms with van der Waals surface area (Å²) >= 11 is 0. The molecule has 0 heterocycles. The number of nitrogens with one attached hydrogen (secondary N) is 1. The molecule has 1 radical (unpaired) electrons. The average Bonchev–Trinajstić information content (AvgIpc) is 2.00. The zero-order valence-electron chi connectivity index (χ0n) is 6.51. The molecular weight excluding hydrogens is 170 g/mol. The van der Waals surface area contributed by atoms with Crippen LogP contribution in [0, 0.1) is 0 Å². The molecule has 0 rings (SSSR count). The molecule has 0 atom stereocenters. The molecule has 0 aromatic carbocycles. The zero-order chi connectivity index (χ0) is 9.56. The van der Waals surface area contributed by atoms with Crippen molar-refractivity contribution in [2.75, 3.05) is 0 Å². The Balaban J connectivity index is 3.54. The molecule has 2 amide bonds. The van der Waals surface area contributed by atoms with Crippen LogP contribution in [0.4, 0.5) is 8.78 Å². The summed E-state index contributed by atoms with van der Waals surface area (Å²) < 4.78 is 23.0. The molecule has 0 unspecified atom stereocenters. The van der Waals surface area contributed by atoms with Gasteiger partial charge in [-0.2, -0.15) is 8.78 Å². The Bertz CT molecular complexity index is 173. The van der Waals surface area contributed by atoms with Crippen molar-refractivity contribution in [2.45, 2.75) is 26.2 Å². The van der Waals surface area contributed by atoms with Crippen molar-refractivity contribution in [2.24, 2.45) is 0 Å². The second-order valence-electron chi connectivity index (χ2n) is 2.03. The van der Waals surface area contributed by atoms with Gasteiger partial charge in [-0.1, -0.05) is 6.92 Å². The van der Waals surface area contributed by atoms with Crippen LogP contribution in [0.5, 0.6) is 0 Å². The molecule has 0 aliphatic carbocycles. The monoisotopic (exact) mass is 179 g/mol. The maximum Gasteiger partial charge on any atom is 0.317 e. The van der Waals surface area contributed by atoms with Gasteiger partial charge < -0.3 is 0 Å². The quantitative estimate of drug-likeness (QED) is 0.629. The number of carbonyl (C=O) groups is 2. The number of rotatable bonds is 3. The zero-order valence-corrected chi connectivity index (χ0v) is 6.51. The first-order valence-electron chi connectivity index (χ1n) is 3.39. The van der Waals surface area contributed by atoms with Gasteiger partial charge in [-0.25, -0.2) is 5.43 Å². The van der Waals surface area contributed by atoms with Gasteiger partial charge in [-0.15, -0.1) is 5.43 Å². The summed E-state index contributed by atoms with van der Waals surface area (Å²) in [5.74, 6) is -2.16. The smallest absolute Gasteiger partial charge is 0.271 e. The lowest BCUT2D eigenvalue weighted by Crippen LogP contribution is -2.38. The minimum Gasteiger partial charge on any atom is -0.271 e. The second kappa shape index (κ2) is 5.45. The van der Waals surface area contributed by atoms with E-state index in [1.165, 1.54) is 5.43 Å². The molecule has 0 saturated carbocycles. The van der Waals surface area contributed by atoms with Crippen LogP contribution in [-0.2, 0) is 9.59 Å². The van der Waals surface area contributed by atoms with E-state index >= 15 is 0 Å². The highest BCUT2D eigenvalue weighted by Crippen LogP contribution is 1.90. The first-order valence-corrected chi connectivity index (χ1v) is 3.39. The van der Waals surface area contributed by atoms with Gasteiger partial charge in [0.15, 0.2) is 0 Å². The third-order valence-corrected chi connectivity index (χ3v) is 0.953. The van der Waals surface area contributed by atoms with Gasteiger partial charge >= 0.3 is 12.3 Å². The summed E-state index contributed by atoms with van der Waals surface area (Å²) in [4.78, 5) is 20.7. The Morgan fingerprint density at radius 1 is 1.50 bits per heavy atom. The Morgan fingerprint density at radius 2 is 2.08 bits per heavy atom. The summed E-state index contributed by atoms with van der Waals surface area (Å²) in [5, 5.41) is 0. The Morgan fingerprint density at radius 3 is 2.50 bits per heavy atom. The first-order chi connectivity index (χ1) is 5.57. The number of amides is 2. The van der Waals surface area contributed by atoms with Gasteiger partial charge in [0.25, 0.3) is 5.91 Å². The number of halogens is 2. The fourth-order valence-electron chi connectivity index (χ4n) is 0.436. The second-order valence-corrected chi connectivity index (χ2v) is 2.03. The maximum atomic E-state index is 11.5. The molecule has 12 heavy (non-hydrogen) atoms. The third kappa shape index (κ3) is 4.59. The lowest BCUT2D eigenvalue weighted by atomic mass is 10.3. The molecule has 0 aromatic rings. The first kappa shape index (κ1) is 10.8. The predicted molar refractivity (Wildman–Crippen MR) is 36.2 cm³/mol. The molecule has 0 aliphatic heterocycles. The van der Waals surface area contributed by atoms with Crippen LogP contribution in [0.3, 0.4) is 0 Å². The van der Waals surface area contributed by atoms with Crippen molar-refractivity contribution in [3.8, 4) is 0 Å². The average molecular weight is 179 g/mol. The van der Waals surface area contributed by atoms with E-state index in [9.17, 15) is 18.4 Å². The van der Waals surface area contributed by atoms with Gasteiger partial charge in [0, 0.05) is 6.42 Å². The van der Waals surface area contributed by atoms with Crippen LogP contribution in [0.25, 0.3) is 0 Å². The van der Waals surface area contributed by atoms with E-state index in [4.69, 9.17) is 0 Å². The molecule has 0 bridgehead atoms. The third-order valence-electron chi connectivity index (χ3n) is 0.953. The van der Waals surface area contributed by atoms with Crippen LogP contribution in [0.2, 0.25) is 0 Å². The van der Waals surface area contributed by atoms with E-state index in [0.717, 1.165) is 0 Å². The van der Waals surface area contributed by atoms with Crippen molar-refractivity contribution in [1.82, 2.24) is 10.9 Å². The number of hydrogen-bond donors (Lipinski definition) is 1. The van der Waals surface area contributed by atoms with E-state index in [1.54, 1.807) is 6.92 Å². The van der Waals surface area contributed by atoms with Crippen molar-refractivity contribution in [1.29, 1.82) is 0 Å². The minimum absolute atomic E-state index is 0.142. The van der Waals surface area contributed by atoms with Gasteiger partial charge in [-0.05, 0) is 6.42 Å². The van der Waals surface area contributed by atoms with Gasteiger partial charge in [0.1, 0.15) is 0 Å². The summed E-state index contributed by atoms with van der Waals surface area (Å²) in [6, 6.07) is 0. The van der Waals surface area contributed by atoms with E-state index in [1.807, 2.05) is 0 Å². The highest BCUT2D eigenvalue weighted by molar-refractivity contribution is 5.83. The lowest BCUT2D eigenvalue weighted by Gasteiger charge is -2.01. The summed E-state index contributed by atoms with van der Waals surface area (Å²) in [5.41, 5.74) is 4.37. The molecule has 1 N–H and O–H groups in total. The molecule has 69 valence electrons. The van der Waals surface area contributed by atoms with Crippen molar-refractivity contribution in [3.05, 3.63) is 0 Å². The maximum absolute atomic E-state index is 11.5. The van der Waals surface area contributed by atoms with Gasteiger partial charge in [0.2, 0.25) is 0 Å². The fraction of sp³-hybridized carbons (Fsp3) is 0.667. The topological polar surface area (TPSA) is 60.3 Å². The van der Waals surface area contributed by atoms with Crippen LogP contribution < -0.4 is 10.9 Å². The predicted octanol–water partition coefficient (Wildman–Crippen LogP) is 0.214.